The molecular formula is C11H20N6. The van der Waals surface area contributed by atoms with Crippen LogP contribution in [0.5, 0.6) is 0 Å². The van der Waals surface area contributed by atoms with Gasteiger partial charge in [-0.05, 0) is 25.9 Å². The van der Waals surface area contributed by atoms with E-state index < -0.39 is 0 Å². The Bertz CT molecular complexity index is 350. The van der Waals surface area contributed by atoms with E-state index in [1.54, 1.807) is 0 Å². The lowest BCUT2D eigenvalue weighted by molar-refractivity contribution is 0.346. The molecule has 6 nitrogen and oxygen atoms in total. The van der Waals surface area contributed by atoms with Crippen molar-refractivity contribution in [3.8, 4) is 0 Å². The number of nitrogens with one attached hydrogen (secondary N) is 1. The molecule has 3 N–H and O–H groups in total. The second kappa shape index (κ2) is 5.79. The normalized spacial score (nSPS) is 16.1. The van der Waals surface area contributed by atoms with Gasteiger partial charge in [0.1, 0.15) is 18.0 Å². The second-order valence-electron chi connectivity index (χ2n) is 4.38. The summed E-state index contributed by atoms with van der Waals surface area (Å²) < 4.78 is 0. The molecule has 0 saturated carbocycles. The molecule has 17 heavy (non-hydrogen) atoms. The minimum atomic E-state index is 0.642. The molecule has 0 spiro atoms. The van der Waals surface area contributed by atoms with E-state index in [0.29, 0.717) is 5.82 Å². The third-order valence-corrected chi connectivity index (χ3v) is 3.14. The van der Waals surface area contributed by atoms with Crippen LogP contribution in [0.2, 0.25) is 0 Å². The van der Waals surface area contributed by atoms with E-state index in [1.807, 2.05) is 13.1 Å². The summed E-state index contributed by atoms with van der Waals surface area (Å²) in [6.45, 7) is 4.52. The third kappa shape index (κ3) is 3.28. The Balaban J connectivity index is 1.87. The summed E-state index contributed by atoms with van der Waals surface area (Å²) in [4.78, 5) is 12.8. The number of likely N-dealkylation sites (tertiary alicyclic amines) is 1. The van der Waals surface area contributed by atoms with Gasteiger partial charge in [-0.1, -0.05) is 0 Å². The van der Waals surface area contributed by atoms with Crippen LogP contribution in [0.25, 0.3) is 0 Å². The van der Waals surface area contributed by atoms with Crippen LogP contribution in [-0.2, 0) is 0 Å². The van der Waals surface area contributed by atoms with Gasteiger partial charge in [-0.15, -0.1) is 0 Å². The first kappa shape index (κ1) is 12.1. The van der Waals surface area contributed by atoms with Crippen molar-refractivity contribution < 1.29 is 0 Å². The van der Waals surface area contributed by atoms with Gasteiger partial charge in [0.15, 0.2) is 0 Å². The number of aromatic nitrogens is 2. The Kier molecular flexibility index (Phi) is 4.11. The Morgan fingerprint density at radius 1 is 1.41 bits per heavy atom. The van der Waals surface area contributed by atoms with E-state index in [-0.39, 0.29) is 0 Å². The highest BCUT2D eigenvalue weighted by Gasteiger charge is 2.12. The van der Waals surface area contributed by atoms with Gasteiger partial charge in [0, 0.05) is 26.2 Å². The largest absolute Gasteiger partial charge is 0.358 e. The summed E-state index contributed by atoms with van der Waals surface area (Å²) >= 11 is 0. The fraction of sp³-hybridized carbons (Fsp3) is 0.636. The summed E-state index contributed by atoms with van der Waals surface area (Å²) in [5, 5.41) is 0. The topological polar surface area (TPSA) is 70.3 Å². The zero-order valence-electron chi connectivity index (χ0n) is 10.3. The van der Waals surface area contributed by atoms with Crippen LogP contribution >= 0.6 is 0 Å². The van der Waals surface area contributed by atoms with Gasteiger partial charge in [-0.2, -0.15) is 0 Å². The van der Waals surface area contributed by atoms with Crippen molar-refractivity contribution in [2.24, 2.45) is 5.84 Å². The zero-order chi connectivity index (χ0) is 12.1. The van der Waals surface area contributed by atoms with Gasteiger partial charge in [-0.25, -0.2) is 15.8 Å². The highest BCUT2D eigenvalue weighted by atomic mass is 15.3. The number of rotatable bonds is 5. The first-order valence-electron chi connectivity index (χ1n) is 6.02. The standard InChI is InChI=1S/C11H20N6/c1-16(6-7-17-4-2-3-5-17)11-8-10(15-12)13-9-14-11/h8-9H,2-7,12H2,1H3,(H,13,14,15). The molecule has 94 valence electrons. The molecule has 0 aliphatic carbocycles. The molecule has 2 rings (SSSR count). The van der Waals surface area contributed by atoms with Gasteiger partial charge in [0.2, 0.25) is 0 Å². The van der Waals surface area contributed by atoms with Gasteiger partial charge >= 0.3 is 0 Å². The Morgan fingerprint density at radius 2 is 2.18 bits per heavy atom. The summed E-state index contributed by atoms with van der Waals surface area (Å²) in [6, 6.07) is 1.85. The lowest BCUT2D eigenvalue weighted by Crippen LogP contribution is -2.31. The van der Waals surface area contributed by atoms with Gasteiger partial charge < -0.3 is 15.2 Å². The fourth-order valence-electron chi connectivity index (χ4n) is 2.05. The molecule has 1 aromatic heterocycles. The predicted octanol–water partition coefficient (Wildman–Crippen LogP) is 0.294. The molecule has 0 amide bonds. The number of hydrogen-bond acceptors (Lipinski definition) is 6. The molecule has 2 heterocycles. The van der Waals surface area contributed by atoms with E-state index >= 15 is 0 Å². The quantitative estimate of drug-likeness (QED) is 0.566. The summed E-state index contributed by atoms with van der Waals surface area (Å²) in [5.41, 5.74) is 2.53. The van der Waals surface area contributed by atoms with Crippen LogP contribution in [0, 0.1) is 0 Å². The average Bonchev–Trinajstić information content (AvgIpc) is 2.89. The molecule has 1 aliphatic rings. The Morgan fingerprint density at radius 3 is 2.88 bits per heavy atom. The van der Waals surface area contributed by atoms with Crippen molar-refractivity contribution >= 4 is 11.6 Å². The average molecular weight is 236 g/mol. The molecule has 6 heteroatoms. The predicted molar refractivity (Wildman–Crippen MR) is 68.8 cm³/mol. The van der Waals surface area contributed by atoms with Crippen LogP contribution in [-0.4, -0.2) is 48.1 Å². The summed E-state index contributed by atoms with van der Waals surface area (Å²) in [5.74, 6) is 6.86. The van der Waals surface area contributed by atoms with E-state index in [9.17, 15) is 0 Å². The number of hydrogen-bond donors (Lipinski definition) is 2. The first-order valence-corrected chi connectivity index (χ1v) is 6.02. The maximum absolute atomic E-state index is 5.33. The van der Waals surface area contributed by atoms with Crippen LogP contribution in [0.3, 0.4) is 0 Å². The lowest BCUT2D eigenvalue weighted by atomic mass is 10.4. The number of nitrogens with two attached hydrogens (primary N) is 1. The van der Waals surface area contributed by atoms with Crippen LogP contribution in [0.1, 0.15) is 12.8 Å². The van der Waals surface area contributed by atoms with E-state index in [1.165, 1.54) is 32.3 Å². The van der Waals surface area contributed by atoms with Crippen molar-refractivity contribution in [3.63, 3.8) is 0 Å². The van der Waals surface area contributed by atoms with Crippen LogP contribution in [0.15, 0.2) is 12.4 Å². The fourth-order valence-corrected chi connectivity index (χ4v) is 2.05. The van der Waals surface area contributed by atoms with Gasteiger partial charge in [0.05, 0.1) is 0 Å². The highest BCUT2D eigenvalue weighted by molar-refractivity contribution is 5.47. The number of nitrogens with zero attached hydrogens (tertiary/aromatic N) is 4. The SMILES string of the molecule is CN(CCN1CCCC1)c1cc(NN)ncn1. The third-order valence-electron chi connectivity index (χ3n) is 3.14. The number of likely N-dealkylation sites (N-methyl/N-ethyl adjacent to an activating group) is 1. The number of nitrogen functional groups attached to an aromatic ring is 1. The monoisotopic (exact) mass is 236 g/mol. The van der Waals surface area contributed by atoms with Crippen molar-refractivity contribution in [2.45, 2.75) is 12.8 Å². The molecule has 1 aliphatic heterocycles. The molecule has 1 saturated heterocycles. The molecule has 0 aromatic carbocycles. The second-order valence-corrected chi connectivity index (χ2v) is 4.38. The van der Waals surface area contributed by atoms with Crippen LogP contribution < -0.4 is 16.2 Å². The highest BCUT2D eigenvalue weighted by Crippen LogP contribution is 2.12. The number of hydrazine groups is 1. The molecule has 1 aromatic rings. The molecule has 0 radical (unpaired) electrons. The molecule has 1 fully saturated rings. The molecule has 0 bridgehead atoms. The van der Waals surface area contributed by atoms with Crippen molar-refractivity contribution in [2.75, 3.05) is 43.6 Å². The van der Waals surface area contributed by atoms with Gasteiger partial charge in [0.25, 0.3) is 0 Å². The molecular weight excluding hydrogens is 216 g/mol. The van der Waals surface area contributed by atoms with Gasteiger partial charge in [-0.3, -0.25) is 0 Å². The van der Waals surface area contributed by atoms with Crippen molar-refractivity contribution in [1.29, 1.82) is 0 Å². The molecule has 0 atom stereocenters. The minimum Gasteiger partial charge on any atom is -0.358 e. The molecule has 0 unspecified atom stereocenters. The van der Waals surface area contributed by atoms with E-state index in [2.05, 4.69) is 25.2 Å². The van der Waals surface area contributed by atoms with E-state index in [0.717, 1.165) is 18.9 Å². The van der Waals surface area contributed by atoms with E-state index in [4.69, 9.17) is 5.84 Å². The van der Waals surface area contributed by atoms with Crippen molar-refractivity contribution in [3.05, 3.63) is 12.4 Å². The summed E-state index contributed by atoms with van der Waals surface area (Å²) in [7, 11) is 2.04. The maximum Gasteiger partial charge on any atom is 0.145 e. The number of anilines is 2. The minimum absolute atomic E-state index is 0.642. The lowest BCUT2D eigenvalue weighted by Gasteiger charge is -2.22. The Hall–Kier alpha value is -1.40. The zero-order valence-corrected chi connectivity index (χ0v) is 10.3. The Labute approximate surface area is 102 Å². The van der Waals surface area contributed by atoms with Crippen molar-refractivity contribution in [1.82, 2.24) is 14.9 Å². The smallest absolute Gasteiger partial charge is 0.145 e. The van der Waals surface area contributed by atoms with Crippen LogP contribution in [0.4, 0.5) is 11.6 Å². The summed E-state index contributed by atoms with van der Waals surface area (Å²) in [6.07, 6.45) is 4.19. The first-order chi connectivity index (χ1) is 8.29. The maximum atomic E-state index is 5.33.